The first kappa shape index (κ1) is 6.59. The van der Waals surface area contributed by atoms with E-state index in [0.717, 1.165) is 11.8 Å². The molecule has 0 heteroatoms. The number of hydrogen-bond acceptors (Lipinski definition) is 0. The highest BCUT2D eigenvalue weighted by atomic mass is 14.4. The highest BCUT2D eigenvalue weighted by molar-refractivity contribution is 5.46. The first-order valence-electron chi connectivity index (χ1n) is 4.77. The molecule has 2 bridgehead atoms. The maximum atomic E-state index is 2.32. The monoisotopic (exact) mass is 157 g/mol. The molecule has 0 amide bonds. The SMILES string of the molecule is C[C+]1C[C@@H]2C[C@H]1c1ccccc12. The minimum absolute atomic E-state index is 0.811. The summed E-state index contributed by atoms with van der Waals surface area (Å²) in [7, 11) is 0. The molecule has 1 aromatic carbocycles. The van der Waals surface area contributed by atoms with E-state index in [0.29, 0.717) is 0 Å². The molecule has 0 N–H and O–H groups in total. The van der Waals surface area contributed by atoms with Crippen LogP contribution in [0.2, 0.25) is 0 Å². The zero-order valence-electron chi connectivity index (χ0n) is 7.38. The lowest BCUT2D eigenvalue weighted by molar-refractivity contribution is 0.749. The van der Waals surface area contributed by atoms with Crippen molar-refractivity contribution in [2.45, 2.75) is 31.6 Å². The molecular formula is C12H13+. The van der Waals surface area contributed by atoms with Gasteiger partial charge in [-0.2, -0.15) is 0 Å². The molecule has 0 heterocycles. The molecule has 60 valence electrons. The van der Waals surface area contributed by atoms with E-state index in [-0.39, 0.29) is 0 Å². The molecule has 0 radical (unpaired) electrons. The van der Waals surface area contributed by atoms with Gasteiger partial charge in [-0.25, -0.2) is 0 Å². The Labute approximate surface area is 73.6 Å². The molecule has 0 nitrogen and oxygen atoms in total. The molecule has 2 aliphatic carbocycles. The van der Waals surface area contributed by atoms with Gasteiger partial charge >= 0.3 is 0 Å². The van der Waals surface area contributed by atoms with Crippen molar-refractivity contribution >= 4 is 0 Å². The van der Waals surface area contributed by atoms with Crippen LogP contribution in [0.3, 0.4) is 0 Å². The first-order valence-corrected chi connectivity index (χ1v) is 4.77. The van der Waals surface area contributed by atoms with Crippen molar-refractivity contribution in [1.82, 2.24) is 0 Å². The summed E-state index contributed by atoms with van der Waals surface area (Å²) < 4.78 is 0. The molecule has 12 heavy (non-hydrogen) atoms. The molecule has 1 fully saturated rings. The molecule has 0 aromatic heterocycles. The third kappa shape index (κ3) is 0.657. The maximum Gasteiger partial charge on any atom is 0.126 e. The summed E-state index contributed by atoms with van der Waals surface area (Å²) in [5, 5.41) is 0. The van der Waals surface area contributed by atoms with Gasteiger partial charge in [-0.05, 0) is 5.56 Å². The minimum Gasteiger partial charge on any atom is -0.0620 e. The van der Waals surface area contributed by atoms with E-state index in [4.69, 9.17) is 0 Å². The number of rotatable bonds is 0. The maximum absolute atomic E-state index is 2.32. The van der Waals surface area contributed by atoms with Gasteiger partial charge in [0.15, 0.2) is 0 Å². The van der Waals surface area contributed by atoms with Gasteiger partial charge in [-0.1, -0.05) is 24.3 Å². The minimum atomic E-state index is 0.811. The Kier molecular flexibility index (Phi) is 1.13. The van der Waals surface area contributed by atoms with E-state index in [9.17, 15) is 0 Å². The van der Waals surface area contributed by atoms with Gasteiger partial charge in [-0.3, -0.25) is 0 Å². The Hall–Kier alpha value is -0.910. The largest absolute Gasteiger partial charge is 0.126 e. The fourth-order valence-electron chi connectivity index (χ4n) is 2.93. The van der Waals surface area contributed by atoms with Crippen molar-refractivity contribution < 1.29 is 0 Å². The average molecular weight is 157 g/mol. The summed E-state index contributed by atoms with van der Waals surface area (Å²) in [4.78, 5) is 0. The van der Waals surface area contributed by atoms with Crippen molar-refractivity contribution in [3.63, 3.8) is 0 Å². The Bertz CT molecular complexity index is 314. The molecule has 0 unspecified atom stereocenters. The van der Waals surface area contributed by atoms with Gasteiger partial charge in [0.1, 0.15) is 5.92 Å². The van der Waals surface area contributed by atoms with Gasteiger partial charge in [0.25, 0.3) is 0 Å². The highest BCUT2D eigenvalue weighted by Gasteiger charge is 2.49. The van der Waals surface area contributed by atoms with Crippen LogP contribution < -0.4 is 0 Å². The lowest BCUT2D eigenvalue weighted by atomic mass is 9.85. The van der Waals surface area contributed by atoms with Crippen molar-refractivity contribution in [3.8, 4) is 0 Å². The smallest absolute Gasteiger partial charge is 0.0620 e. The van der Waals surface area contributed by atoms with E-state index < -0.39 is 0 Å². The summed E-state index contributed by atoms with van der Waals surface area (Å²) in [6.07, 6.45) is 2.74. The van der Waals surface area contributed by atoms with Crippen molar-refractivity contribution in [2.75, 3.05) is 0 Å². The van der Waals surface area contributed by atoms with Crippen molar-refractivity contribution in [2.24, 2.45) is 0 Å². The van der Waals surface area contributed by atoms with Crippen LogP contribution in [-0.2, 0) is 0 Å². The summed E-state index contributed by atoms with van der Waals surface area (Å²) >= 11 is 0. The van der Waals surface area contributed by atoms with E-state index in [1.54, 1.807) is 17.0 Å². The van der Waals surface area contributed by atoms with Crippen LogP contribution in [0, 0.1) is 5.92 Å². The number of fused-ring (bicyclic) bond motifs is 5. The summed E-state index contributed by atoms with van der Waals surface area (Å²) in [6.45, 7) is 2.32. The van der Waals surface area contributed by atoms with Gasteiger partial charge in [-0.15, -0.1) is 0 Å². The normalized spacial score (nSPS) is 30.9. The summed E-state index contributed by atoms with van der Waals surface area (Å²) in [5.41, 5.74) is 3.25. The lowest BCUT2D eigenvalue weighted by Gasteiger charge is -2.12. The Morgan fingerprint density at radius 3 is 2.83 bits per heavy atom. The van der Waals surface area contributed by atoms with Crippen LogP contribution in [0.1, 0.15) is 42.7 Å². The molecule has 3 rings (SSSR count). The van der Waals surface area contributed by atoms with Crippen LogP contribution in [0.4, 0.5) is 0 Å². The van der Waals surface area contributed by atoms with Crippen molar-refractivity contribution in [1.29, 1.82) is 0 Å². The predicted molar refractivity (Wildman–Crippen MR) is 50.1 cm³/mol. The van der Waals surface area contributed by atoms with Gasteiger partial charge < -0.3 is 0 Å². The van der Waals surface area contributed by atoms with Crippen LogP contribution in [0.25, 0.3) is 0 Å². The Morgan fingerprint density at radius 1 is 1.25 bits per heavy atom. The Morgan fingerprint density at radius 2 is 2.00 bits per heavy atom. The molecule has 2 atom stereocenters. The van der Waals surface area contributed by atoms with Crippen LogP contribution in [-0.4, -0.2) is 0 Å². The highest BCUT2D eigenvalue weighted by Crippen LogP contribution is 2.56. The third-order valence-corrected chi connectivity index (χ3v) is 3.49. The van der Waals surface area contributed by atoms with Gasteiger partial charge in [0.2, 0.25) is 0 Å². The van der Waals surface area contributed by atoms with E-state index in [1.807, 2.05) is 0 Å². The lowest BCUT2D eigenvalue weighted by Crippen LogP contribution is -2.04. The third-order valence-electron chi connectivity index (χ3n) is 3.49. The van der Waals surface area contributed by atoms with Gasteiger partial charge in [0, 0.05) is 17.9 Å². The van der Waals surface area contributed by atoms with E-state index in [1.165, 1.54) is 12.8 Å². The van der Waals surface area contributed by atoms with E-state index >= 15 is 0 Å². The standard InChI is InChI=1S/C12H13/c1-8-6-9-7-12(8)11-5-3-2-4-10(9)11/h2-5,9,12H,6-7H2,1H3/q+1/t9-,12-/m1/s1. The second kappa shape index (κ2) is 2.07. The Balaban J connectivity index is 2.17. The summed E-state index contributed by atoms with van der Waals surface area (Å²) in [6, 6.07) is 8.97. The molecule has 0 aliphatic heterocycles. The van der Waals surface area contributed by atoms with Crippen LogP contribution in [0.5, 0.6) is 0 Å². The zero-order valence-corrected chi connectivity index (χ0v) is 7.38. The predicted octanol–water partition coefficient (Wildman–Crippen LogP) is 3.26. The average Bonchev–Trinajstić information content (AvgIpc) is 2.62. The molecule has 0 spiro atoms. The van der Waals surface area contributed by atoms with Crippen LogP contribution in [0.15, 0.2) is 24.3 Å². The molecule has 1 saturated carbocycles. The number of benzene rings is 1. The molecule has 0 saturated heterocycles. The van der Waals surface area contributed by atoms with Crippen LogP contribution >= 0.6 is 0 Å². The quantitative estimate of drug-likeness (QED) is 0.507. The number of hydrogen-bond donors (Lipinski definition) is 0. The first-order chi connectivity index (χ1) is 5.86. The molecule has 1 aromatic rings. The topological polar surface area (TPSA) is 0 Å². The second-order valence-electron chi connectivity index (χ2n) is 4.16. The van der Waals surface area contributed by atoms with Gasteiger partial charge in [0.05, 0.1) is 19.3 Å². The van der Waals surface area contributed by atoms with E-state index in [2.05, 4.69) is 31.2 Å². The fraction of sp³-hybridized carbons (Fsp3) is 0.417. The molecule has 2 aliphatic rings. The summed E-state index contributed by atoms with van der Waals surface area (Å²) in [5.74, 6) is 3.39. The fourth-order valence-corrected chi connectivity index (χ4v) is 2.93. The molecular weight excluding hydrogens is 144 g/mol. The zero-order chi connectivity index (χ0) is 8.13. The van der Waals surface area contributed by atoms with Crippen molar-refractivity contribution in [3.05, 3.63) is 41.3 Å². The second-order valence-corrected chi connectivity index (χ2v) is 4.16.